The average molecular weight is 191 g/mol. The largest absolute Gasteiger partial charge is 0.455 e. The molecule has 14 heavy (non-hydrogen) atoms. The van der Waals surface area contributed by atoms with E-state index in [1.807, 2.05) is 34.7 Å². The van der Waals surface area contributed by atoms with Crippen molar-refractivity contribution in [3.05, 3.63) is 23.9 Å². The number of hydrogen-bond acceptors (Lipinski definition) is 3. The van der Waals surface area contributed by atoms with Gasteiger partial charge in [-0.1, -0.05) is 12.1 Å². The third-order valence-corrected chi connectivity index (χ3v) is 1.50. The first kappa shape index (κ1) is 10.8. The molecule has 0 saturated heterocycles. The molecule has 0 spiro atoms. The van der Waals surface area contributed by atoms with Gasteiger partial charge < -0.3 is 4.74 Å². The molecule has 1 aromatic heterocycles. The van der Waals surface area contributed by atoms with Crippen LogP contribution < -0.4 is 5.59 Å². The van der Waals surface area contributed by atoms with Gasteiger partial charge in [0.1, 0.15) is 11.3 Å². The lowest BCUT2D eigenvalue weighted by Gasteiger charge is -2.19. The maximum absolute atomic E-state index is 11.5. The predicted molar refractivity (Wildman–Crippen MR) is 57.6 cm³/mol. The van der Waals surface area contributed by atoms with Crippen molar-refractivity contribution in [3.8, 4) is 0 Å². The topological polar surface area (TPSA) is 39.2 Å². The van der Waals surface area contributed by atoms with Gasteiger partial charge in [-0.05, 0) is 32.4 Å². The van der Waals surface area contributed by atoms with Gasteiger partial charge in [-0.15, -0.1) is 0 Å². The average Bonchev–Trinajstić information content (AvgIpc) is 2.01. The summed E-state index contributed by atoms with van der Waals surface area (Å²) in [5.74, 6) is -0.374. The minimum absolute atomic E-state index is 0.361. The SMILES string of the molecule is Bc1cccc(C(=O)OC(C)(C)C)n1. The Bertz CT molecular complexity index is 344. The summed E-state index contributed by atoms with van der Waals surface area (Å²) in [6.45, 7) is 5.50. The van der Waals surface area contributed by atoms with E-state index in [0.717, 1.165) is 5.59 Å². The highest BCUT2D eigenvalue weighted by atomic mass is 16.6. The molecule has 4 heteroatoms. The van der Waals surface area contributed by atoms with E-state index in [0.29, 0.717) is 5.69 Å². The second-order valence-corrected chi connectivity index (χ2v) is 4.17. The van der Waals surface area contributed by atoms with Crippen LogP contribution in [0, 0.1) is 0 Å². The molecule has 0 saturated carbocycles. The van der Waals surface area contributed by atoms with E-state index in [4.69, 9.17) is 4.74 Å². The van der Waals surface area contributed by atoms with Crippen LogP contribution in [0.5, 0.6) is 0 Å². The third-order valence-electron chi connectivity index (χ3n) is 1.50. The number of carbonyl (C=O) groups is 1. The number of nitrogens with zero attached hydrogens (tertiary/aromatic N) is 1. The highest BCUT2D eigenvalue weighted by Gasteiger charge is 2.18. The van der Waals surface area contributed by atoms with Crippen molar-refractivity contribution in [1.29, 1.82) is 0 Å². The van der Waals surface area contributed by atoms with Crippen molar-refractivity contribution in [2.75, 3.05) is 0 Å². The van der Waals surface area contributed by atoms with E-state index in [2.05, 4.69) is 4.98 Å². The highest BCUT2D eigenvalue weighted by molar-refractivity contribution is 6.30. The summed E-state index contributed by atoms with van der Waals surface area (Å²) in [5.41, 5.74) is 0.705. The van der Waals surface area contributed by atoms with Crippen LogP contribution in [-0.2, 0) is 4.74 Å². The fourth-order valence-corrected chi connectivity index (χ4v) is 0.987. The molecular formula is C10H14BNO2. The molecule has 1 rings (SSSR count). The van der Waals surface area contributed by atoms with E-state index in [1.165, 1.54) is 0 Å². The van der Waals surface area contributed by atoms with Crippen molar-refractivity contribution in [2.45, 2.75) is 26.4 Å². The van der Waals surface area contributed by atoms with Gasteiger partial charge in [-0.25, -0.2) is 4.79 Å². The summed E-state index contributed by atoms with van der Waals surface area (Å²) in [6, 6.07) is 5.29. The Morgan fingerprint density at radius 1 is 1.43 bits per heavy atom. The molecule has 1 aromatic rings. The Labute approximate surface area is 84.9 Å². The zero-order chi connectivity index (χ0) is 10.8. The fraction of sp³-hybridized carbons (Fsp3) is 0.400. The summed E-state index contributed by atoms with van der Waals surface area (Å²) in [4.78, 5) is 15.6. The van der Waals surface area contributed by atoms with Crippen molar-refractivity contribution in [2.24, 2.45) is 0 Å². The van der Waals surface area contributed by atoms with E-state index in [9.17, 15) is 4.79 Å². The van der Waals surface area contributed by atoms with Crippen molar-refractivity contribution in [1.82, 2.24) is 4.98 Å². The Balaban J connectivity index is 2.80. The summed E-state index contributed by atoms with van der Waals surface area (Å²) in [6.07, 6.45) is 0. The number of pyridine rings is 1. The number of ether oxygens (including phenoxy) is 1. The lowest BCUT2D eigenvalue weighted by molar-refractivity contribution is 0.00631. The Kier molecular flexibility index (Phi) is 2.94. The molecule has 0 N–H and O–H groups in total. The van der Waals surface area contributed by atoms with Gasteiger partial charge in [0.2, 0.25) is 0 Å². The first-order chi connectivity index (χ1) is 6.38. The molecule has 74 valence electrons. The molecule has 0 amide bonds. The molecule has 0 aliphatic carbocycles. The zero-order valence-corrected chi connectivity index (χ0v) is 9.00. The van der Waals surface area contributed by atoms with Crippen LogP contribution in [0.1, 0.15) is 31.3 Å². The van der Waals surface area contributed by atoms with Gasteiger partial charge in [0, 0.05) is 0 Å². The molecule has 3 nitrogen and oxygen atoms in total. The van der Waals surface area contributed by atoms with E-state index < -0.39 is 5.60 Å². The van der Waals surface area contributed by atoms with Gasteiger partial charge in [0.05, 0.1) is 0 Å². The van der Waals surface area contributed by atoms with Crippen LogP contribution in [0.4, 0.5) is 0 Å². The van der Waals surface area contributed by atoms with Gasteiger partial charge in [-0.2, -0.15) is 0 Å². The van der Waals surface area contributed by atoms with Crippen LogP contribution >= 0.6 is 0 Å². The lowest BCUT2D eigenvalue weighted by Crippen LogP contribution is -2.25. The Hall–Kier alpha value is -1.32. The van der Waals surface area contributed by atoms with Crippen molar-refractivity contribution in [3.63, 3.8) is 0 Å². The maximum Gasteiger partial charge on any atom is 0.357 e. The minimum atomic E-state index is -0.470. The van der Waals surface area contributed by atoms with Crippen LogP contribution in [0.25, 0.3) is 0 Å². The lowest BCUT2D eigenvalue weighted by atomic mass is 10.0. The number of rotatable bonds is 1. The van der Waals surface area contributed by atoms with Gasteiger partial charge >= 0.3 is 5.97 Å². The second kappa shape index (κ2) is 3.82. The molecule has 0 aliphatic rings. The molecule has 0 bridgehead atoms. The quantitative estimate of drug-likeness (QED) is 0.473. The van der Waals surface area contributed by atoms with Crippen LogP contribution in [0.15, 0.2) is 18.2 Å². The number of carbonyl (C=O) groups excluding carboxylic acids is 1. The predicted octanol–water partition coefficient (Wildman–Crippen LogP) is 0.295. The molecule has 0 aliphatic heterocycles. The first-order valence-electron chi connectivity index (χ1n) is 4.55. The van der Waals surface area contributed by atoms with E-state index in [-0.39, 0.29) is 5.97 Å². The molecule has 0 unspecified atom stereocenters. The smallest absolute Gasteiger partial charge is 0.357 e. The fourth-order valence-electron chi connectivity index (χ4n) is 0.987. The van der Waals surface area contributed by atoms with Gasteiger partial charge in [-0.3, -0.25) is 4.98 Å². The summed E-state index contributed by atoms with van der Waals surface area (Å²) in [7, 11) is 1.84. The van der Waals surface area contributed by atoms with Crippen LogP contribution in [0.2, 0.25) is 0 Å². The highest BCUT2D eigenvalue weighted by Crippen LogP contribution is 2.09. The van der Waals surface area contributed by atoms with Gasteiger partial charge in [0.25, 0.3) is 0 Å². The summed E-state index contributed by atoms with van der Waals surface area (Å²) < 4.78 is 5.18. The number of aromatic nitrogens is 1. The molecule has 0 atom stereocenters. The van der Waals surface area contributed by atoms with Crippen LogP contribution in [0.3, 0.4) is 0 Å². The molecule has 0 fully saturated rings. The zero-order valence-electron chi connectivity index (χ0n) is 9.00. The van der Waals surface area contributed by atoms with Crippen LogP contribution in [-0.4, -0.2) is 24.4 Å². The Morgan fingerprint density at radius 2 is 2.07 bits per heavy atom. The molecule has 0 aromatic carbocycles. The second-order valence-electron chi connectivity index (χ2n) is 4.17. The minimum Gasteiger partial charge on any atom is -0.455 e. The maximum atomic E-state index is 11.5. The number of hydrogen-bond donors (Lipinski definition) is 0. The molecule has 0 radical (unpaired) electrons. The summed E-state index contributed by atoms with van der Waals surface area (Å²) in [5, 5.41) is 0. The Morgan fingerprint density at radius 3 is 2.57 bits per heavy atom. The monoisotopic (exact) mass is 191 g/mol. The molecule has 1 heterocycles. The van der Waals surface area contributed by atoms with Gasteiger partial charge in [0.15, 0.2) is 7.85 Å². The third kappa shape index (κ3) is 3.20. The summed E-state index contributed by atoms with van der Waals surface area (Å²) >= 11 is 0. The van der Waals surface area contributed by atoms with E-state index in [1.54, 1.807) is 12.1 Å². The van der Waals surface area contributed by atoms with E-state index >= 15 is 0 Å². The number of esters is 1. The first-order valence-corrected chi connectivity index (χ1v) is 4.55. The standard InChI is InChI=1S/C10H14BNO2/c1-10(2,3)14-9(13)7-5-4-6-8(11)12-7/h4-6H,11H2,1-3H3. The molecular weight excluding hydrogens is 177 g/mol. The normalized spacial score (nSPS) is 11.1. The van der Waals surface area contributed by atoms with Crippen molar-refractivity contribution >= 4 is 19.4 Å². The van der Waals surface area contributed by atoms with Crippen molar-refractivity contribution < 1.29 is 9.53 Å².